The minimum absolute atomic E-state index is 0.0200. The lowest BCUT2D eigenvalue weighted by atomic mass is 9.44. The van der Waals surface area contributed by atoms with E-state index < -0.39 is 0 Å². The average molecular weight is 522 g/mol. The number of rotatable bonds is 7. The highest BCUT2D eigenvalue weighted by Crippen LogP contribution is 2.66. The Labute approximate surface area is 230 Å². The number of carbonyl (C=O) groups excluding carboxylic acids is 1. The van der Waals surface area contributed by atoms with E-state index in [1.807, 2.05) is 0 Å². The Kier molecular flexibility index (Phi) is 7.68. The van der Waals surface area contributed by atoms with E-state index in [4.69, 9.17) is 4.74 Å². The van der Waals surface area contributed by atoms with Crippen LogP contribution in [0.15, 0.2) is 24.3 Å². The fourth-order valence-corrected chi connectivity index (χ4v) is 10.1. The molecule has 2 N–H and O–H groups in total. The third-order valence-electron chi connectivity index (χ3n) is 12.5. The zero-order valence-corrected chi connectivity index (χ0v) is 23.9. The molecule has 5 aliphatic rings. The number of aliphatic hydroxyl groups excluding tert-OH is 1. The number of carbonyl (C=O) groups is 1. The zero-order chi connectivity index (χ0) is 26.3. The Morgan fingerprint density at radius 3 is 2.68 bits per heavy atom. The first kappa shape index (κ1) is 26.8. The van der Waals surface area contributed by atoms with Crippen LogP contribution in [0, 0.1) is 40.4 Å². The quantitative estimate of drug-likeness (QED) is 0.403. The summed E-state index contributed by atoms with van der Waals surface area (Å²) in [5.41, 5.74) is 1.65. The van der Waals surface area contributed by atoms with E-state index in [0.29, 0.717) is 41.6 Å². The fourth-order valence-electron chi connectivity index (χ4n) is 10.1. The van der Waals surface area contributed by atoms with Crippen LogP contribution in [0.2, 0.25) is 0 Å². The Balaban J connectivity index is 1.07. The number of hydrogen-bond donors (Lipinski definition) is 2. The molecular formula is C34H51NO3. The van der Waals surface area contributed by atoms with Crippen LogP contribution >= 0.6 is 0 Å². The number of ether oxygens (including phenoxy) is 1. The highest BCUT2D eigenvalue weighted by Gasteiger charge is 2.61. The van der Waals surface area contributed by atoms with E-state index in [2.05, 4.69) is 43.4 Å². The summed E-state index contributed by atoms with van der Waals surface area (Å²) in [7, 11) is 0. The van der Waals surface area contributed by atoms with Crippen molar-refractivity contribution in [3.8, 4) is 5.75 Å². The number of Topliss-reactive ketones (excluding diaryl/α,β-unsaturated/α-hetero) is 1. The number of hydrogen-bond acceptors (Lipinski definition) is 4. The van der Waals surface area contributed by atoms with Crippen LogP contribution in [0.25, 0.3) is 0 Å². The smallest absolute Gasteiger partial charge is 0.133 e. The van der Waals surface area contributed by atoms with Gasteiger partial charge in [0.15, 0.2) is 0 Å². The van der Waals surface area contributed by atoms with E-state index in [1.165, 1.54) is 56.9 Å². The van der Waals surface area contributed by atoms with Gasteiger partial charge in [0.1, 0.15) is 11.5 Å². The molecule has 6 rings (SSSR count). The van der Waals surface area contributed by atoms with Gasteiger partial charge in [-0.15, -0.1) is 0 Å². The van der Waals surface area contributed by atoms with Crippen molar-refractivity contribution in [2.45, 2.75) is 122 Å². The first-order valence-electron chi connectivity index (χ1n) is 16.0. The summed E-state index contributed by atoms with van der Waals surface area (Å²) in [5, 5.41) is 15.1. The van der Waals surface area contributed by atoms with Gasteiger partial charge in [-0.2, -0.15) is 0 Å². The van der Waals surface area contributed by atoms with Crippen molar-refractivity contribution < 1.29 is 14.6 Å². The van der Waals surface area contributed by atoms with Crippen LogP contribution in [0.4, 0.5) is 0 Å². The highest BCUT2D eigenvalue weighted by molar-refractivity contribution is 5.79. The maximum atomic E-state index is 12.2. The van der Waals surface area contributed by atoms with E-state index in [9.17, 15) is 9.90 Å². The molecule has 0 bridgehead atoms. The van der Waals surface area contributed by atoms with Crippen molar-refractivity contribution in [3.05, 3.63) is 29.8 Å². The molecule has 1 aromatic carbocycles. The van der Waals surface area contributed by atoms with Gasteiger partial charge in [0, 0.05) is 30.8 Å². The van der Waals surface area contributed by atoms with Gasteiger partial charge in [-0.3, -0.25) is 4.79 Å². The molecule has 0 amide bonds. The molecule has 0 heterocycles. The molecule has 1 aromatic rings. The van der Waals surface area contributed by atoms with Gasteiger partial charge in [-0.1, -0.05) is 26.0 Å². The number of aliphatic hydroxyl groups is 1. The van der Waals surface area contributed by atoms with Crippen molar-refractivity contribution in [2.24, 2.45) is 40.4 Å². The summed E-state index contributed by atoms with van der Waals surface area (Å²) in [4.78, 5) is 12.2. The molecule has 0 saturated heterocycles. The molecule has 0 spiro atoms. The topological polar surface area (TPSA) is 58.6 Å². The predicted molar refractivity (Wildman–Crippen MR) is 152 cm³/mol. The highest BCUT2D eigenvalue weighted by atomic mass is 16.5. The SMILES string of the molecule is CC1CCC(NCc2cccc(OCC[C@]34CCC5C(CCC6CC(=O)CC[C@@]65C)C3CC[C@@H]4O)c2)CC1. The molecule has 0 radical (unpaired) electrons. The second-order valence-corrected chi connectivity index (χ2v) is 14.3. The molecule has 7 atom stereocenters. The Bertz CT molecular complexity index is 986. The van der Waals surface area contributed by atoms with Gasteiger partial charge in [-0.25, -0.2) is 0 Å². The fraction of sp³-hybridized carbons (Fsp3) is 0.794. The minimum atomic E-state index is -0.191. The van der Waals surface area contributed by atoms with Crippen molar-refractivity contribution in [1.29, 1.82) is 0 Å². The molecule has 0 aromatic heterocycles. The van der Waals surface area contributed by atoms with E-state index in [1.54, 1.807) is 0 Å². The van der Waals surface area contributed by atoms with Crippen molar-refractivity contribution >= 4 is 5.78 Å². The van der Waals surface area contributed by atoms with Crippen LogP contribution < -0.4 is 10.1 Å². The molecule has 4 heteroatoms. The lowest BCUT2D eigenvalue weighted by Crippen LogP contribution is -2.55. The first-order valence-corrected chi connectivity index (χ1v) is 16.0. The summed E-state index contributed by atoms with van der Waals surface area (Å²) in [6.07, 6.45) is 15.7. The van der Waals surface area contributed by atoms with Gasteiger partial charge in [0.2, 0.25) is 0 Å². The maximum absolute atomic E-state index is 12.2. The lowest BCUT2D eigenvalue weighted by molar-refractivity contribution is -0.145. The molecule has 210 valence electrons. The van der Waals surface area contributed by atoms with Crippen molar-refractivity contribution in [1.82, 2.24) is 5.32 Å². The number of benzene rings is 1. The van der Waals surface area contributed by atoms with E-state index in [-0.39, 0.29) is 11.5 Å². The minimum Gasteiger partial charge on any atom is -0.494 e. The molecule has 0 aliphatic heterocycles. The van der Waals surface area contributed by atoms with Crippen molar-refractivity contribution in [2.75, 3.05) is 6.61 Å². The van der Waals surface area contributed by atoms with Crippen LogP contribution in [0.1, 0.15) is 109 Å². The van der Waals surface area contributed by atoms with Gasteiger partial charge in [0.25, 0.3) is 0 Å². The van der Waals surface area contributed by atoms with Crippen LogP contribution in [-0.2, 0) is 11.3 Å². The Morgan fingerprint density at radius 1 is 1.00 bits per heavy atom. The molecule has 38 heavy (non-hydrogen) atoms. The van der Waals surface area contributed by atoms with Gasteiger partial charge >= 0.3 is 0 Å². The normalized spacial score (nSPS) is 42.7. The largest absolute Gasteiger partial charge is 0.494 e. The number of fused-ring (bicyclic) bond motifs is 5. The number of nitrogens with one attached hydrogen (secondary N) is 1. The first-order chi connectivity index (χ1) is 18.4. The van der Waals surface area contributed by atoms with E-state index >= 15 is 0 Å². The zero-order valence-electron chi connectivity index (χ0n) is 23.9. The Morgan fingerprint density at radius 2 is 1.84 bits per heavy atom. The van der Waals surface area contributed by atoms with Gasteiger partial charge in [-0.05, 0) is 130 Å². The van der Waals surface area contributed by atoms with E-state index in [0.717, 1.165) is 62.7 Å². The van der Waals surface area contributed by atoms with Gasteiger partial charge < -0.3 is 15.2 Å². The summed E-state index contributed by atoms with van der Waals surface area (Å²) in [5.74, 6) is 5.00. The van der Waals surface area contributed by atoms with Crippen LogP contribution in [0.5, 0.6) is 5.75 Å². The second-order valence-electron chi connectivity index (χ2n) is 14.3. The molecule has 5 fully saturated rings. The standard InChI is InChI=1S/C34H51NO3/c1-23-6-9-26(10-7-23)35-22-24-4-3-5-28(20-24)38-19-18-34-17-15-30-29(31(34)12-13-32(34)37)11-8-25-21-27(36)14-16-33(25,30)2/h3-5,20,23,25-26,29-32,35,37H,6-19,21-22H2,1-2H3/t23?,25?,26?,29?,30?,31?,32-,33-,34+/m0/s1. The van der Waals surface area contributed by atoms with Crippen molar-refractivity contribution in [3.63, 3.8) is 0 Å². The summed E-state index contributed by atoms with van der Waals surface area (Å²) in [6.45, 7) is 6.49. The summed E-state index contributed by atoms with van der Waals surface area (Å²) in [6, 6.07) is 9.28. The van der Waals surface area contributed by atoms with Gasteiger partial charge in [0.05, 0.1) is 12.7 Å². The Hall–Kier alpha value is -1.39. The maximum Gasteiger partial charge on any atom is 0.133 e. The second kappa shape index (κ2) is 10.9. The monoisotopic (exact) mass is 521 g/mol. The summed E-state index contributed by atoms with van der Waals surface area (Å²) >= 11 is 0. The third kappa shape index (κ3) is 4.98. The predicted octanol–water partition coefficient (Wildman–Crippen LogP) is 7.08. The average Bonchev–Trinajstić information content (AvgIpc) is 3.25. The van der Waals surface area contributed by atoms with Crippen LogP contribution in [-0.4, -0.2) is 29.6 Å². The molecule has 5 aliphatic carbocycles. The third-order valence-corrected chi connectivity index (χ3v) is 12.5. The molecule has 4 unspecified atom stereocenters. The summed E-state index contributed by atoms with van der Waals surface area (Å²) < 4.78 is 6.38. The molecule has 5 saturated carbocycles. The molecular weight excluding hydrogens is 470 g/mol. The lowest BCUT2D eigenvalue weighted by Gasteiger charge is -2.60. The number of ketones is 1. The molecule has 4 nitrogen and oxygen atoms in total. The van der Waals surface area contributed by atoms with Crippen LogP contribution in [0.3, 0.4) is 0 Å².